The predicted octanol–water partition coefficient (Wildman–Crippen LogP) is 4.53. The number of rotatable bonds is 5. The first-order valence-electron chi connectivity index (χ1n) is 8.27. The Kier molecular flexibility index (Phi) is 6.53. The van der Waals surface area contributed by atoms with E-state index in [0.717, 1.165) is 17.7 Å². The zero-order valence-electron chi connectivity index (χ0n) is 15.1. The number of anilines is 1. The number of nitrogens with one attached hydrogen (secondary N) is 2. The van der Waals surface area contributed by atoms with Crippen molar-refractivity contribution in [3.63, 3.8) is 0 Å². The Bertz CT molecular complexity index is 757. The summed E-state index contributed by atoms with van der Waals surface area (Å²) >= 11 is 5.46. The highest BCUT2D eigenvalue weighted by molar-refractivity contribution is 7.80. The van der Waals surface area contributed by atoms with Crippen molar-refractivity contribution < 1.29 is 9.53 Å². The topological polar surface area (TPSA) is 50.4 Å². The summed E-state index contributed by atoms with van der Waals surface area (Å²) in [5, 5.41) is 7.06. The van der Waals surface area contributed by atoms with Gasteiger partial charge < -0.3 is 15.4 Å². The fourth-order valence-corrected chi connectivity index (χ4v) is 2.79. The van der Waals surface area contributed by atoms with Crippen LogP contribution in [0.1, 0.15) is 46.4 Å². The summed E-state index contributed by atoms with van der Waals surface area (Å²) in [7, 11) is 1.37. The average molecular weight is 356 g/mol. The van der Waals surface area contributed by atoms with Gasteiger partial charge in [0.1, 0.15) is 0 Å². The van der Waals surface area contributed by atoms with Crippen LogP contribution in [0.5, 0.6) is 0 Å². The second-order valence-corrected chi connectivity index (χ2v) is 6.40. The van der Waals surface area contributed by atoms with E-state index in [4.69, 9.17) is 17.0 Å². The van der Waals surface area contributed by atoms with E-state index in [1.165, 1.54) is 18.2 Å². The zero-order valence-corrected chi connectivity index (χ0v) is 15.9. The molecule has 0 radical (unpaired) electrons. The van der Waals surface area contributed by atoms with Gasteiger partial charge in [0.2, 0.25) is 0 Å². The lowest BCUT2D eigenvalue weighted by Gasteiger charge is -2.21. The van der Waals surface area contributed by atoms with Crippen LogP contribution in [-0.4, -0.2) is 18.2 Å². The Labute approximate surface area is 154 Å². The van der Waals surface area contributed by atoms with E-state index in [-0.39, 0.29) is 12.0 Å². The van der Waals surface area contributed by atoms with Crippen molar-refractivity contribution in [1.29, 1.82) is 0 Å². The molecule has 1 unspecified atom stereocenters. The van der Waals surface area contributed by atoms with Crippen LogP contribution < -0.4 is 10.6 Å². The third-order valence-corrected chi connectivity index (χ3v) is 4.32. The van der Waals surface area contributed by atoms with Gasteiger partial charge >= 0.3 is 5.97 Å². The average Bonchev–Trinajstić information content (AvgIpc) is 2.61. The molecule has 0 aliphatic heterocycles. The minimum atomic E-state index is -0.368. The quantitative estimate of drug-likeness (QED) is 0.609. The van der Waals surface area contributed by atoms with Crippen molar-refractivity contribution in [2.75, 3.05) is 12.4 Å². The molecular weight excluding hydrogens is 332 g/mol. The summed E-state index contributed by atoms with van der Waals surface area (Å²) < 4.78 is 4.77. The van der Waals surface area contributed by atoms with Crippen molar-refractivity contribution >= 4 is 29.0 Å². The van der Waals surface area contributed by atoms with Gasteiger partial charge in [-0.1, -0.05) is 42.8 Å². The maximum absolute atomic E-state index is 11.7. The molecule has 0 bridgehead atoms. The SMILES string of the molecule is CCC(NC(=S)Nc1cc(C(=O)OC)ccc1C)c1ccc(C)cc1. The summed E-state index contributed by atoms with van der Waals surface area (Å²) in [5.74, 6) is -0.368. The minimum absolute atomic E-state index is 0.129. The molecule has 1 atom stereocenters. The van der Waals surface area contributed by atoms with E-state index in [9.17, 15) is 4.79 Å². The lowest BCUT2D eigenvalue weighted by atomic mass is 10.0. The van der Waals surface area contributed by atoms with E-state index in [1.54, 1.807) is 12.1 Å². The molecular formula is C20H24N2O2S. The first-order chi connectivity index (χ1) is 11.9. The second kappa shape index (κ2) is 8.62. The highest BCUT2D eigenvalue weighted by Crippen LogP contribution is 2.20. The summed E-state index contributed by atoms with van der Waals surface area (Å²) in [6, 6.07) is 13.9. The molecule has 0 spiro atoms. The maximum Gasteiger partial charge on any atom is 0.337 e. The van der Waals surface area contributed by atoms with E-state index < -0.39 is 0 Å². The Morgan fingerprint density at radius 1 is 1.16 bits per heavy atom. The molecule has 25 heavy (non-hydrogen) atoms. The largest absolute Gasteiger partial charge is 0.465 e. The van der Waals surface area contributed by atoms with Crippen LogP contribution in [0.4, 0.5) is 5.69 Å². The van der Waals surface area contributed by atoms with Gasteiger partial charge in [0.25, 0.3) is 0 Å². The molecule has 0 heterocycles. The molecule has 2 aromatic rings. The first kappa shape index (κ1) is 18.9. The summed E-state index contributed by atoms with van der Waals surface area (Å²) in [6.45, 7) is 6.15. The number of aryl methyl sites for hydroxylation is 2. The van der Waals surface area contributed by atoms with Crippen molar-refractivity contribution in [2.24, 2.45) is 0 Å². The second-order valence-electron chi connectivity index (χ2n) is 5.99. The van der Waals surface area contributed by atoms with E-state index in [2.05, 4.69) is 48.7 Å². The van der Waals surface area contributed by atoms with E-state index in [0.29, 0.717) is 10.7 Å². The summed E-state index contributed by atoms with van der Waals surface area (Å²) in [4.78, 5) is 11.7. The normalized spacial score (nSPS) is 11.5. The monoisotopic (exact) mass is 356 g/mol. The van der Waals surface area contributed by atoms with Gasteiger partial charge in [0.15, 0.2) is 5.11 Å². The molecule has 0 saturated carbocycles. The van der Waals surface area contributed by atoms with Gasteiger partial charge in [-0.2, -0.15) is 0 Å². The Hall–Kier alpha value is -2.40. The summed E-state index contributed by atoms with van der Waals surface area (Å²) in [5.41, 5.74) is 4.70. The number of methoxy groups -OCH3 is 1. The molecule has 0 aliphatic rings. The van der Waals surface area contributed by atoms with Crippen LogP contribution in [0.15, 0.2) is 42.5 Å². The van der Waals surface area contributed by atoms with Crippen LogP contribution in [0.2, 0.25) is 0 Å². The molecule has 2 N–H and O–H groups in total. The minimum Gasteiger partial charge on any atom is -0.465 e. The third-order valence-electron chi connectivity index (χ3n) is 4.10. The van der Waals surface area contributed by atoms with Gasteiger partial charge in [-0.15, -0.1) is 0 Å². The lowest BCUT2D eigenvalue weighted by molar-refractivity contribution is 0.0601. The molecule has 2 aromatic carbocycles. The molecule has 0 saturated heterocycles. The number of hydrogen-bond acceptors (Lipinski definition) is 3. The van der Waals surface area contributed by atoms with Crippen molar-refractivity contribution in [1.82, 2.24) is 5.32 Å². The van der Waals surface area contributed by atoms with Crippen LogP contribution >= 0.6 is 12.2 Å². The molecule has 0 fully saturated rings. The standard InChI is InChI=1S/C20H24N2O2S/c1-5-17(15-9-6-13(2)7-10-15)21-20(25)22-18-12-16(19(23)24-4)11-8-14(18)3/h6-12,17H,5H2,1-4H3,(H2,21,22,25). The molecule has 4 nitrogen and oxygen atoms in total. The van der Waals surface area contributed by atoms with Crippen molar-refractivity contribution in [3.05, 3.63) is 64.7 Å². The number of esters is 1. The van der Waals surface area contributed by atoms with Gasteiger partial charge in [-0.05, 0) is 55.7 Å². The van der Waals surface area contributed by atoms with E-state index >= 15 is 0 Å². The number of thiocarbonyl (C=S) groups is 1. The van der Waals surface area contributed by atoms with Crippen molar-refractivity contribution in [2.45, 2.75) is 33.2 Å². The smallest absolute Gasteiger partial charge is 0.337 e. The Balaban J connectivity index is 2.10. The summed E-state index contributed by atoms with van der Waals surface area (Å²) in [6.07, 6.45) is 0.909. The number of carbonyl (C=O) groups excluding carboxylic acids is 1. The number of hydrogen-bond donors (Lipinski definition) is 2. The van der Waals surface area contributed by atoms with Gasteiger partial charge in [-0.3, -0.25) is 0 Å². The van der Waals surface area contributed by atoms with Crippen LogP contribution in [0.3, 0.4) is 0 Å². The van der Waals surface area contributed by atoms with Crippen LogP contribution in [0.25, 0.3) is 0 Å². The number of carbonyl (C=O) groups is 1. The zero-order chi connectivity index (χ0) is 18.4. The third kappa shape index (κ3) is 5.03. The predicted molar refractivity (Wildman–Crippen MR) is 106 cm³/mol. The molecule has 0 amide bonds. The van der Waals surface area contributed by atoms with Crippen molar-refractivity contribution in [3.8, 4) is 0 Å². The van der Waals surface area contributed by atoms with E-state index in [1.807, 2.05) is 13.0 Å². The van der Waals surface area contributed by atoms with Gasteiger partial charge in [0.05, 0.1) is 18.7 Å². The first-order valence-corrected chi connectivity index (χ1v) is 8.68. The van der Waals surface area contributed by atoms with Gasteiger partial charge in [0, 0.05) is 5.69 Å². The molecule has 2 rings (SSSR count). The fourth-order valence-electron chi connectivity index (χ4n) is 2.54. The fraction of sp³-hybridized carbons (Fsp3) is 0.300. The van der Waals surface area contributed by atoms with Crippen LogP contribution in [0, 0.1) is 13.8 Å². The molecule has 132 valence electrons. The van der Waals surface area contributed by atoms with Gasteiger partial charge in [-0.25, -0.2) is 4.79 Å². The highest BCUT2D eigenvalue weighted by atomic mass is 32.1. The van der Waals surface area contributed by atoms with Crippen LogP contribution in [-0.2, 0) is 4.74 Å². The Morgan fingerprint density at radius 2 is 1.84 bits per heavy atom. The lowest BCUT2D eigenvalue weighted by Crippen LogP contribution is -2.32. The number of ether oxygens (including phenoxy) is 1. The molecule has 0 aliphatic carbocycles. The highest BCUT2D eigenvalue weighted by Gasteiger charge is 2.12. The Morgan fingerprint density at radius 3 is 2.44 bits per heavy atom. The molecule has 5 heteroatoms. The maximum atomic E-state index is 11.7. The number of benzene rings is 2. The molecule has 0 aromatic heterocycles.